The summed E-state index contributed by atoms with van der Waals surface area (Å²) in [6.45, 7) is 1.83. The summed E-state index contributed by atoms with van der Waals surface area (Å²) in [5.74, 6) is -0.187. The van der Waals surface area contributed by atoms with Crippen molar-refractivity contribution in [3.63, 3.8) is 0 Å². The summed E-state index contributed by atoms with van der Waals surface area (Å²) >= 11 is 0. The quantitative estimate of drug-likeness (QED) is 0.799. The Hall–Kier alpha value is -1.42. The molecule has 0 aromatic heterocycles. The van der Waals surface area contributed by atoms with Crippen molar-refractivity contribution in [1.82, 2.24) is 0 Å². The number of hydrogen-bond acceptors (Lipinski definition) is 3. The molecule has 21 heavy (non-hydrogen) atoms. The highest BCUT2D eigenvalue weighted by Gasteiger charge is 2.44. The summed E-state index contributed by atoms with van der Waals surface area (Å²) in [5.41, 5.74) is 0.106. The first kappa shape index (κ1) is 14.5. The number of carbonyl (C=O) groups is 1. The van der Waals surface area contributed by atoms with Crippen LogP contribution in [0.1, 0.15) is 37.7 Å². The van der Waals surface area contributed by atoms with E-state index in [0.29, 0.717) is 19.1 Å². The molecule has 1 aliphatic carbocycles. The fraction of sp³-hybridized carbons (Fsp3) is 0.588. The summed E-state index contributed by atoms with van der Waals surface area (Å²) in [7, 11) is 0. The molecule has 114 valence electrons. The third-order valence-electron chi connectivity index (χ3n) is 4.70. The minimum Gasteiger partial charge on any atom is -0.465 e. The highest BCUT2D eigenvalue weighted by molar-refractivity contribution is 5.83. The van der Waals surface area contributed by atoms with Crippen LogP contribution in [0.2, 0.25) is 0 Å². The zero-order valence-corrected chi connectivity index (χ0v) is 12.1. The molecule has 2 aliphatic rings. The molecule has 0 N–H and O–H groups in total. The molecule has 1 heterocycles. The Morgan fingerprint density at radius 1 is 1.38 bits per heavy atom. The average Bonchev–Trinajstić information content (AvgIpc) is 3.17. The van der Waals surface area contributed by atoms with Gasteiger partial charge in [0.25, 0.3) is 0 Å². The summed E-state index contributed by atoms with van der Waals surface area (Å²) in [6.07, 6.45) is 4.41. The third kappa shape index (κ3) is 2.95. The molecule has 4 heteroatoms. The van der Waals surface area contributed by atoms with E-state index >= 15 is 0 Å². The largest absolute Gasteiger partial charge is 0.465 e. The predicted molar refractivity (Wildman–Crippen MR) is 76.4 cm³/mol. The second-order valence-corrected chi connectivity index (χ2v) is 6.13. The van der Waals surface area contributed by atoms with E-state index in [0.717, 1.165) is 44.3 Å². The first-order chi connectivity index (χ1) is 10.2. The predicted octanol–water partition coefficient (Wildman–Crippen LogP) is 3.22. The Balaban J connectivity index is 1.75. The molecule has 1 aliphatic heterocycles. The highest BCUT2D eigenvalue weighted by atomic mass is 19.1. The van der Waals surface area contributed by atoms with Crippen molar-refractivity contribution in [2.45, 2.75) is 37.5 Å². The van der Waals surface area contributed by atoms with E-state index in [-0.39, 0.29) is 11.8 Å². The van der Waals surface area contributed by atoms with Gasteiger partial charge >= 0.3 is 5.97 Å². The van der Waals surface area contributed by atoms with Crippen molar-refractivity contribution in [3.05, 3.63) is 35.6 Å². The molecule has 1 atom stereocenters. The minimum absolute atomic E-state index is 0.197. The maximum absolute atomic E-state index is 13.5. The van der Waals surface area contributed by atoms with Gasteiger partial charge in [-0.15, -0.1) is 0 Å². The number of rotatable bonds is 4. The van der Waals surface area contributed by atoms with Crippen LogP contribution < -0.4 is 0 Å². The van der Waals surface area contributed by atoms with Gasteiger partial charge in [0.05, 0.1) is 18.6 Å². The van der Waals surface area contributed by atoms with Gasteiger partial charge in [0, 0.05) is 12.5 Å². The summed E-state index contributed by atoms with van der Waals surface area (Å²) in [5, 5.41) is 0. The van der Waals surface area contributed by atoms with E-state index in [9.17, 15) is 9.18 Å². The fourth-order valence-corrected chi connectivity index (χ4v) is 3.42. The lowest BCUT2D eigenvalue weighted by atomic mass is 9.79. The van der Waals surface area contributed by atoms with Crippen molar-refractivity contribution in [2.75, 3.05) is 19.8 Å². The first-order valence-corrected chi connectivity index (χ1v) is 7.72. The Labute approximate surface area is 124 Å². The lowest BCUT2D eigenvalue weighted by Gasteiger charge is -2.27. The number of hydrogen-bond donors (Lipinski definition) is 0. The summed E-state index contributed by atoms with van der Waals surface area (Å²) < 4.78 is 24.4. The van der Waals surface area contributed by atoms with Crippen LogP contribution in [-0.4, -0.2) is 25.8 Å². The second kappa shape index (κ2) is 6.14. The van der Waals surface area contributed by atoms with E-state index < -0.39 is 5.41 Å². The number of benzene rings is 1. The SMILES string of the molecule is O=C(OCC1CCOC1)C1(c2cccc(F)c2)CCCC1. The van der Waals surface area contributed by atoms with Crippen LogP contribution in [0.15, 0.2) is 24.3 Å². The third-order valence-corrected chi connectivity index (χ3v) is 4.70. The maximum Gasteiger partial charge on any atom is 0.316 e. The summed E-state index contributed by atoms with van der Waals surface area (Å²) in [4.78, 5) is 12.7. The normalized spacial score (nSPS) is 24.1. The van der Waals surface area contributed by atoms with Gasteiger partial charge in [0.15, 0.2) is 0 Å². The number of ether oxygens (including phenoxy) is 2. The Morgan fingerprint density at radius 2 is 2.19 bits per heavy atom. The molecule has 0 spiro atoms. The van der Waals surface area contributed by atoms with Gasteiger partial charge in [-0.3, -0.25) is 4.79 Å². The van der Waals surface area contributed by atoms with Crippen LogP contribution in [0.4, 0.5) is 4.39 Å². The lowest BCUT2D eigenvalue weighted by molar-refractivity contribution is -0.152. The molecule has 0 radical (unpaired) electrons. The smallest absolute Gasteiger partial charge is 0.316 e. The Morgan fingerprint density at radius 3 is 2.86 bits per heavy atom. The number of esters is 1. The zero-order chi connectivity index (χ0) is 14.7. The molecule has 1 saturated carbocycles. The molecule has 1 saturated heterocycles. The van der Waals surface area contributed by atoms with E-state index in [1.54, 1.807) is 6.07 Å². The van der Waals surface area contributed by atoms with Crippen LogP contribution in [0, 0.1) is 11.7 Å². The highest BCUT2D eigenvalue weighted by Crippen LogP contribution is 2.42. The number of carbonyl (C=O) groups excluding carboxylic acids is 1. The zero-order valence-electron chi connectivity index (χ0n) is 12.1. The number of halogens is 1. The molecule has 1 aromatic rings. The molecule has 3 nitrogen and oxygen atoms in total. The van der Waals surface area contributed by atoms with Crippen LogP contribution in [-0.2, 0) is 19.7 Å². The maximum atomic E-state index is 13.5. The van der Waals surface area contributed by atoms with E-state index in [2.05, 4.69) is 0 Å². The van der Waals surface area contributed by atoms with Gasteiger partial charge in [-0.1, -0.05) is 25.0 Å². The lowest BCUT2D eigenvalue weighted by Crippen LogP contribution is -2.36. The second-order valence-electron chi connectivity index (χ2n) is 6.13. The van der Waals surface area contributed by atoms with Gasteiger partial charge in [-0.05, 0) is 37.0 Å². The Kier molecular flexibility index (Phi) is 4.24. The van der Waals surface area contributed by atoms with Gasteiger partial charge < -0.3 is 9.47 Å². The minimum atomic E-state index is -0.651. The van der Waals surface area contributed by atoms with E-state index in [4.69, 9.17) is 9.47 Å². The molecular weight excluding hydrogens is 271 g/mol. The van der Waals surface area contributed by atoms with Crippen LogP contribution in [0.3, 0.4) is 0 Å². The molecule has 1 aromatic carbocycles. The van der Waals surface area contributed by atoms with Gasteiger partial charge in [0.1, 0.15) is 5.82 Å². The van der Waals surface area contributed by atoms with Gasteiger partial charge in [0.2, 0.25) is 0 Å². The first-order valence-electron chi connectivity index (χ1n) is 7.72. The van der Waals surface area contributed by atoms with Crippen molar-refractivity contribution < 1.29 is 18.7 Å². The standard InChI is InChI=1S/C17H21FO3/c18-15-5-3-4-14(10-15)17(7-1-2-8-17)16(19)21-12-13-6-9-20-11-13/h3-5,10,13H,1-2,6-9,11-12H2. The van der Waals surface area contributed by atoms with Gasteiger partial charge in [-0.2, -0.15) is 0 Å². The van der Waals surface area contributed by atoms with Crippen molar-refractivity contribution >= 4 is 5.97 Å². The molecule has 2 fully saturated rings. The van der Waals surface area contributed by atoms with Gasteiger partial charge in [-0.25, -0.2) is 4.39 Å². The average molecular weight is 292 g/mol. The Bertz CT molecular complexity index is 503. The van der Waals surface area contributed by atoms with Crippen molar-refractivity contribution in [2.24, 2.45) is 5.92 Å². The van der Waals surface area contributed by atoms with Crippen LogP contribution in [0.5, 0.6) is 0 Å². The van der Waals surface area contributed by atoms with E-state index in [1.165, 1.54) is 12.1 Å². The molecular formula is C17H21FO3. The molecule has 3 rings (SSSR count). The monoisotopic (exact) mass is 292 g/mol. The molecule has 0 bridgehead atoms. The molecule has 0 amide bonds. The van der Waals surface area contributed by atoms with Crippen LogP contribution in [0.25, 0.3) is 0 Å². The van der Waals surface area contributed by atoms with E-state index in [1.807, 2.05) is 6.07 Å². The van der Waals surface area contributed by atoms with Crippen molar-refractivity contribution in [1.29, 1.82) is 0 Å². The molecule has 1 unspecified atom stereocenters. The topological polar surface area (TPSA) is 35.5 Å². The summed E-state index contributed by atoms with van der Waals surface area (Å²) in [6, 6.07) is 6.40. The van der Waals surface area contributed by atoms with Crippen LogP contribution >= 0.6 is 0 Å². The van der Waals surface area contributed by atoms with Crippen molar-refractivity contribution in [3.8, 4) is 0 Å². The fourth-order valence-electron chi connectivity index (χ4n) is 3.42.